The Morgan fingerprint density at radius 1 is 1.46 bits per heavy atom. The minimum absolute atomic E-state index is 0. The molecule has 0 bridgehead atoms. The van der Waals surface area contributed by atoms with Gasteiger partial charge in [-0.25, -0.2) is 4.99 Å². The normalized spacial score (nSPS) is 31.2. The van der Waals surface area contributed by atoms with Gasteiger partial charge < -0.3 is 24.9 Å². The van der Waals surface area contributed by atoms with Gasteiger partial charge in [0.15, 0.2) is 5.96 Å². The molecule has 4 unspecified atom stereocenters. The van der Waals surface area contributed by atoms with Crippen LogP contribution in [0.4, 0.5) is 0 Å². The molecule has 1 spiro atoms. The van der Waals surface area contributed by atoms with Crippen molar-refractivity contribution >= 4 is 29.9 Å². The van der Waals surface area contributed by atoms with Crippen LogP contribution in [0.15, 0.2) is 27.8 Å². The smallest absolute Gasteiger partial charge is 0.191 e. The molecule has 4 rings (SSSR count). The van der Waals surface area contributed by atoms with Crippen LogP contribution in [-0.4, -0.2) is 42.9 Å². The van der Waals surface area contributed by atoms with Crippen molar-refractivity contribution in [3.63, 3.8) is 0 Å². The third-order valence-corrected chi connectivity index (χ3v) is 6.27. The van der Waals surface area contributed by atoms with Gasteiger partial charge in [-0.15, -0.1) is 24.0 Å². The molecule has 2 saturated carbocycles. The maximum atomic E-state index is 10.6. The predicted octanol–water partition coefficient (Wildman–Crippen LogP) is 2.62. The fourth-order valence-electron chi connectivity index (χ4n) is 4.82. The number of halogens is 1. The molecular formula is C19H30IN3O3. The van der Waals surface area contributed by atoms with Crippen LogP contribution in [0.2, 0.25) is 0 Å². The summed E-state index contributed by atoms with van der Waals surface area (Å²) in [6.45, 7) is 5.72. The van der Waals surface area contributed by atoms with Crippen LogP contribution in [-0.2, 0) is 10.3 Å². The van der Waals surface area contributed by atoms with Crippen molar-refractivity contribution in [3.8, 4) is 0 Å². The first kappa shape index (κ1) is 19.9. The Hall–Kier alpha value is -0.800. The molecular weight excluding hydrogens is 445 g/mol. The number of fused-ring (bicyclic) bond motifs is 2. The lowest BCUT2D eigenvalue weighted by atomic mass is 9.46. The van der Waals surface area contributed by atoms with Crippen molar-refractivity contribution in [2.45, 2.75) is 57.3 Å². The number of guanidine groups is 1. The van der Waals surface area contributed by atoms with E-state index in [0.717, 1.165) is 25.5 Å². The molecule has 1 aromatic heterocycles. The van der Waals surface area contributed by atoms with E-state index < -0.39 is 5.60 Å². The molecule has 7 heteroatoms. The summed E-state index contributed by atoms with van der Waals surface area (Å²) < 4.78 is 11.3. The first-order valence-corrected chi connectivity index (χ1v) is 9.50. The van der Waals surface area contributed by atoms with E-state index in [1.54, 1.807) is 25.3 Å². The van der Waals surface area contributed by atoms with Gasteiger partial charge in [0.2, 0.25) is 0 Å². The van der Waals surface area contributed by atoms with E-state index in [1.807, 2.05) is 0 Å². The molecule has 146 valence electrons. The number of nitrogens with one attached hydrogen (secondary N) is 2. The van der Waals surface area contributed by atoms with Gasteiger partial charge in [0, 0.05) is 30.5 Å². The standard InChI is InChI=1S/C19H29N3O3.HI/c1-3-20-17(21-12-18(2,23)14-6-4-10-24-14)22-15-13-7-11-25-16(13)19(15)8-5-9-19;/h4,6,10,13,15-16,23H,3,5,7-9,11-12H2,1-2H3,(H2,20,21,22);1H. The SMILES string of the molecule is CCNC(=NCC(C)(O)c1ccco1)NC1C2CCOC2C12CCC2.I. The Labute approximate surface area is 172 Å². The minimum atomic E-state index is -1.11. The molecule has 4 atom stereocenters. The van der Waals surface area contributed by atoms with Crippen LogP contribution in [0.25, 0.3) is 0 Å². The molecule has 6 nitrogen and oxygen atoms in total. The zero-order chi connectivity index (χ0) is 17.5. The van der Waals surface area contributed by atoms with Gasteiger partial charge >= 0.3 is 0 Å². The molecule has 0 radical (unpaired) electrons. The highest BCUT2D eigenvalue weighted by Gasteiger charge is 2.66. The third-order valence-electron chi connectivity index (χ3n) is 6.27. The first-order chi connectivity index (χ1) is 12.1. The molecule has 0 aromatic carbocycles. The lowest BCUT2D eigenvalue weighted by Gasteiger charge is -2.63. The Balaban J connectivity index is 0.00000196. The predicted molar refractivity (Wildman–Crippen MR) is 111 cm³/mol. The molecule has 1 aliphatic heterocycles. The zero-order valence-electron chi connectivity index (χ0n) is 15.5. The molecule has 1 saturated heterocycles. The molecule has 2 heterocycles. The van der Waals surface area contributed by atoms with Crippen molar-refractivity contribution in [2.75, 3.05) is 19.7 Å². The van der Waals surface area contributed by atoms with Crippen LogP contribution in [0, 0.1) is 11.3 Å². The van der Waals surface area contributed by atoms with Crippen molar-refractivity contribution in [1.82, 2.24) is 10.6 Å². The number of hydrogen-bond donors (Lipinski definition) is 3. The van der Waals surface area contributed by atoms with Gasteiger partial charge in [0.05, 0.1) is 18.9 Å². The van der Waals surface area contributed by atoms with Crippen molar-refractivity contribution in [2.24, 2.45) is 16.3 Å². The van der Waals surface area contributed by atoms with Crippen LogP contribution in [0.1, 0.15) is 45.3 Å². The monoisotopic (exact) mass is 475 g/mol. The molecule has 1 aromatic rings. The van der Waals surface area contributed by atoms with E-state index in [9.17, 15) is 5.11 Å². The van der Waals surface area contributed by atoms with Gasteiger partial charge in [0.1, 0.15) is 11.4 Å². The summed E-state index contributed by atoms with van der Waals surface area (Å²) in [6, 6.07) is 4.00. The number of aliphatic imine (C=N–C) groups is 1. The molecule has 3 N–H and O–H groups in total. The highest BCUT2D eigenvalue weighted by atomic mass is 127. The van der Waals surface area contributed by atoms with Crippen LogP contribution in [0.5, 0.6) is 0 Å². The largest absolute Gasteiger partial charge is 0.466 e. The number of hydrogen-bond acceptors (Lipinski definition) is 4. The Morgan fingerprint density at radius 3 is 2.88 bits per heavy atom. The fourth-order valence-corrected chi connectivity index (χ4v) is 4.82. The van der Waals surface area contributed by atoms with Crippen molar-refractivity contribution < 1.29 is 14.3 Å². The second-order valence-electron chi connectivity index (χ2n) is 7.90. The van der Waals surface area contributed by atoms with Gasteiger partial charge in [-0.05, 0) is 45.2 Å². The van der Waals surface area contributed by atoms with E-state index in [-0.39, 0.29) is 30.5 Å². The van der Waals surface area contributed by atoms with Gasteiger partial charge in [-0.1, -0.05) is 6.42 Å². The summed E-state index contributed by atoms with van der Waals surface area (Å²) in [5.41, 5.74) is -0.806. The summed E-state index contributed by atoms with van der Waals surface area (Å²) in [5, 5.41) is 17.6. The minimum Gasteiger partial charge on any atom is -0.466 e. The maximum Gasteiger partial charge on any atom is 0.191 e. The Bertz CT molecular complexity index is 628. The molecule has 2 aliphatic carbocycles. The summed E-state index contributed by atoms with van der Waals surface area (Å²) in [6.07, 6.45) is 6.93. The average Bonchev–Trinajstić information content (AvgIpc) is 3.19. The average molecular weight is 475 g/mol. The number of rotatable bonds is 5. The molecule has 0 amide bonds. The zero-order valence-corrected chi connectivity index (χ0v) is 17.9. The lowest BCUT2D eigenvalue weighted by molar-refractivity contribution is -0.171. The first-order valence-electron chi connectivity index (χ1n) is 9.50. The number of nitrogens with zero attached hydrogens (tertiary/aromatic N) is 1. The van der Waals surface area contributed by atoms with E-state index in [0.29, 0.717) is 29.2 Å². The second kappa shape index (κ2) is 7.67. The second-order valence-corrected chi connectivity index (χ2v) is 7.90. The summed E-state index contributed by atoms with van der Waals surface area (Å²) in [5.74, 6) is 1.90. The Morgan fingerprint density at radius 2 is 2.27 bits per heavy atom. The van der Waals surface area contributed by atoms with Crippen molar-refractivity contribution in [3.05, 3.63) is 24.2 Å². The van der Waals surface area contributed by atoms with Crippen LogP contribution >= 0.6 is 24.0 Å². The highest BCUT2D eigenvalue weighted by molar-refractivity contribution is 14.0. The fraction of sp³-hybridized carbons (Fsp3) is 0.737. The van der Waals surface area contributed by atoms with Gasteiger partial charge in [-0.3, -0.25) is 0 Å². The Kier molecular flexibility index (Phi) is 5.89. The lowest BCUT2D eigenvalue weighted by Crippen LogP contribution is -2.72. The summed E-state index contributed by atoms with van der Waals surface area (Å²) in [4.78, 5) is 4.64. The number of furan rings is 1. The quantitative estimate of drug-likeness (QED) is 0.347. The van der Waals surface area contributed by atoms with E-state index in [4.69, 9.17) is 9.15 Å². The maximum absolute atomic E-state index is 10.6. The van der Waals surface area contributed by atoms with E-state index >= 15 is 0 Å². The van der Waals surface area contributed by atoms with Crippen LogP contribution in [0.3, 0.4) is 0 Å². The molecule has 3 aliphatic rings. The van der Waals surface area contributed by atoms with Crippen molar-refractivity contribution in [1.29, 1.82) is 0 Å². The highest BCUT2D eigenvalue weighted by Crippen LogP contribution is 2.62. The third kappa shape index (κ3) is 3.26. The van der Waals surface area contributed by atoms with Gasteiger partial charge in [-0.2, -0.15) is 0 Å². The summed E-state index contributed by atoms with van der Waals surface area (Å²) >= 11 is 0. The number of aliphatic hydroxyl groups is 1. The molecule has 26 heavy (non-hydrogen) atoms. The van der Waals surface area contributed by atoms with Crippen LogP contribution < -0.4 is 10.6 Å². The van der Waals surface area contributed by atoms with E-state index in [2.05, 4.69) is 22.5 Å². The topological polar surface area (TPSA) is 79.0 Å². The number of ether oxygens (including phenoxy) is 1. The van der Waals surface area contributed by atoms with E-state index in [1.165, 1.54) is 19.3 Å². The molecule has 3 fully saturated rings. The van der Waals surface area contributed by atoms with Gasteiger partial charge in [0.25, 0.3) is 0 Å². The summed E-state index contributed by atoms with van der Waals surface area (Å²) in [7, 11) is 0.